The van der Waals surface area contributed by atoms with Gasteiger partial charge < -0.3 is 9.80 Å². The number of piperazine rings is 1. The van der Waals surface area contributed by atoms with Crippen LogP contribution in [-0.2, 0) is 0 Å². The summed E-state index contributed by atoms with van der Waals surface area (Å²) < 4.78 is 13.2. The average molecular weight is 409 g/mol. The molecule has 3 nitrogen and oxygen atoms in total. The zero-order valence-electron chi connectivity index (χ0n) is 16.8. The Morgan fingerprint density at radius 3 is 2.21 bits per heavy atom. The van der Waals surface area contributed by atoms with Gasteiger partial charge in [0.25, 0.3) is 0 Å². The maximum Gasteiger partial charge on any atom is 0.173 e. The smallest absolute Gasteiger partial charge is 0.173 e. The Morgan fingerprint density at radius 1 is 0.966 bits per heavy atom. The molecule has 0 unspecified atom stereocenters. The van der Waals surface area contributed by atoms with Crippen molar-refractivity contribution in [3.63, 3.8) is 0 Å². The minimum Gasteiger partial charge on any atom is -0.368 e. The van der Waals surface area contributed by atoms with Crippen LogP contribution in [0.3, 0.4) is 0 Å². The molecule has 1 aliphatic rings. The van der Waals surface area contributed by atoms with Crippen molar-refractivity contribution in [3.05, 3.63) is 70.9 Å². The number of hydrogen-bond donors (Lipinski definition) is 0. The molecule has 0 spiro atoms. The normalized spacial score (nSPS) is 14.3. The predicted molar refractivity (Wildman–Crippen MR) is 120 cm³/mol. The highest BCUT2D eigenvalue weighted by molar-refractivity contribution is 7.18. The molecule has 5 heteroatoms. The van der Waals surface area contributed by atoms with Gasteiger partial charge in [0.1, 0.15) is 5.82 Å². The van der Waals surface area contributed by atoms with E-state index in [1.54, 1.807) is 11.3 Å². The SMILES string of the molecule is CCC(=O)c1sc(N2CCN(c3ccc(F)cc3)CC2)c(C)c1-c1ccccc1. The van der Waals surface area contributed by atoms with Crippen LogP contribution in [0.25, 0.3) is 11.1 Å². The summed E-state index contributed by atoms with van der Waals surface area (Å²) in [5.41, 5.74) is 4.43. The van der Waals surface area contributed by atoms with Crippen LogP contribution in [0.1, 0.15) is 28.6 Å². The number of rotatable bonds is 5. The monoisotopic (exact) mass is 408 g/mol. The molecule has 0 bridgehead atoms. The fraction of sp³-hybridized carbons (Fsp3) is 0.292. The Hall–Kier alpha value is -2.66. The second-order valence-electron chi connectivity index (χ2n) is 7.33. The van der Waals surface area contributed by atoms with Crippen molar-refractivity contribution in [1.29, 1.82) is 0 Å². The second-order valence-corrected chi connectivity index (χ2v) is 8.33. The molecular weight excluding hydrogens is 383 g/mol. The zero-order chi connectivity index (χ0) is 20.4. The van der Waals surface area contributed by atoms with Crippen LogP contribution in [0.2, 0.25) is 0 Å². The molecular formula is C24H25FN2OS. The van der Waals surface area contributed by atoms with Gasteiger partial charge in [0.15, 0.2) is 5.78 Å². The fourth-order valence-electron chi connectivity index (χ4n) is 3.93. The van der Waals surface area contributed by atoms with E-state index in [0.29, 0.717) is 6.42 Å². The molecule has 29 heavy (non-hydrogen) atoms. The zero-order valence-corrected chi connectivity index (χ0v) is 17.6. The Labute approximate surface area is 175 Å². The molecule has 1 saturated heterocycles. The summed E-state index contributed by atoms with van der Waals surface area (Å²) in [5, 5.41) is 1.19. The number of halogens is 1. The van der Waals surface area contributed by atoms with Crippen LogP contribution < -0.4 is 9.80 Å². The second kappa shape index (κ2) is 8.37. The third-order valence-corrected chi connectivity index (χ3v) is 6.91. The highest BCUT2D eigenvalue weighted by Gasteiger charge is 2.26. The van der Waals surface area contributed by atoms with Gasteiger partial charge in [-0.2, -0.15) is 0 Å². The Balaban J connectivity index is 1.60. The Morgan fingerprint density at radius 2 is 1.59 bits per heavy atom. The molecule has 2 aromatic carbocycles. The van der Waals surface area contributed by atoms with E-state index in [9.17, 15) is 9.18 Å². The van der Waals surface area contributed by atoms with Crippen LogP contribution in [-0.4, -0.2) is 32.0 Å². The van der Waals surface area contributed by atoms with Crippen molar-refractivity contribution < 1.29 is 9.18 Å². The van der Waals surface area contributed by atoms with Crippen molar-refractivity contribution in [2.45, 2.75) is 20.3 Å². The van der Waals surface area contributed by atoms with Crippen LogP contribution in [0.15, 0.2) is 54.6 Å². The quantitative estimate of drug-likeness (QED) is 0.500. The van der Waals surface area contributed by atoms with Gasteiger partial charge >= 0.3 is 0 Å². The highest BCUT2D eigenvalue weighted by atomic mass is 32.1. The first-order chi connectivity index (χ1) is 14.1. The van der Waals surface area contributed by atoms with Crippen LogP contribution in [0.5, 0.6) is 0 Å². The summed E-state index contributed by atoms with van der Waals surface area (Å²) in [6.45, 7) is 7.57. The minimum atomic E-state index is -0.205. The van der Waals surface area contributed by atoms with E-state index in [2.05, 4.69) is 28.9 Å². The van der Waals surface area contributed by atoms with Crippen LogP contribution >= 0.6 is 11.3 Å². The van der Waals surface area contributed by atoms with Crippen molar-refractivity contribution in [2.75, 3.05) is 36.0 Å². The number of nitrogens with zero attached hydrogens (tertiary/aromatic N) is 2. The minimum absolute atomic E-state index is 0.202. The fourth-order valence-corrected chi connectivity index (χ4v) is 5.32. The van der Waals surface area contributed by atoms with Gasteiger partial charge in [-0.25, -0.2) is 4.39 Å². The van der Waals surface area contributed by atoms with E-state index in [0.717, 1.165) is 47.9 Å². The van der Waals surface area contributed by atoms with E-state index in [1.165, 1.54) is 22.7 Å². The predicted octanol–water partition coefficient (Wildman–Crippen LogP) is 5.78. The molecule has 1 fully saturated rings. The summed E-state index contributed by atoms with van der Waals surface area (Å²) in [4.78, 5) is 18.2. The highest BCUT2D eigenvalue weighted by Crippen LogP contribution is 2.42. The van der Waals surface area contributed by atoms with Gasteiger partial charge in [0, 0.05) is 43.9 Å². The van der Waals surface area contributed by atoms with Crippen molar-refractivity contribution in [2.24, 2.45) is 0 Å². The molecule has 1 aromatic heterocycles. The first-order valence-corrected chi connectivity index (χ1v) is 10.9. The summed E-state index contributed by atoms with van der Waals surface area (Å²) in [6, 6.07) is 16.9. The molecule has 2 heterocycles. The largest absolute Gasteiger partial charge is 0.368 e. The van der Waals surface area contributed by atoms with Gasteiger partial charge in [0.05, 0.1) is 9.88 Å². The lowest BCUT2D eigenvalue weighted by molar-refractivity contribution is 0.0992. The number of carbonyl (C=O) groups is 1. The number of carbonyl (C=O) groups excluding carboxylic acids is 1. The standard InChI is InChI=1S/C24H25FN2OS/c1-3-21(28)23-22(18-7-5-4-6-8-18)17(2)24(29-23)27-15-13-26(14-16-27)20-11-9-19(25)10-12-20/h4-12H,3,13-16H2,1-2H3. The number of ketones is 1. The number of thiophene rings is 1. The van der Waals surface area contributed by atoms with Crippen molar-refractivity contribution >= 4 is 27.8 Å². The summed E-state index contributed by atoms with van der Waals surface area (Å²) >= 11 is 1.63. The van der Waals surface area contributed by atoms with Gasteiger partial charge in [-0.3, -0.25) is 4.79 Å². The molecule has 0 N–H and O–H groups in total. The Kier molecular flexibility index (Phi) is 5.67. The summed E-state index contributed by atoms with van der Waals surface area (Å²) in [5.74, 6) is -0.00342. The average Bonchev–Trinajstić information content (AvgIpc) is 3.11. The van der Waals surface area contributed by atoms with Gasteiger partial charge in [-0.05, 0) is 42.3 Å². The van der Waals surface area contributed by atoms with Crippen LogP contribution in [0, 0.1) is 12.7 Å². The van der Waals surface area contributed by atoms with E-state index in [-0.39, 0.29) is 11.6 Å². The van der Waals surface area contributed by atoms with E-state index >= 15 is 0 Å². The Bertz CT molecular complexity index is 990. The molecule has 3 aromatic rings. The van der Waals surface area contributed by atoms with Crippen molar-refractivity contribution in [1.82, 2.24) is 0 Å². The maximum absolute atomic E-state index is 13.2. The van der Waals surface area contributed by atoms with E-state index in [1.807, 2.05) is 37.3 Å². The van der Waals surface area contributed by atoms with Crippen LogP contribution in [0.4, 0.5) is 15.1 Å². The molecule has 0 radical (unpaired) electrons. The number of anilines is 2. The molecule has 4 rings (SSSR count). The molecule has 0 aliphatic carbocycles. The maximum atomic E-state index is 13.2. The van der Waals surface area contributed by atoms with Gasteiger partial charge in [0.2, 0.25) is 0 Å². The summed E-state index contributed by atoms with van der Waals surface area (Å²) in [6.07, 6.45) is 0.511. The number of Topliss-reactive ketones (excluding diaryl/α,β-unsaturated/α-hetero) is 1. The first kappa shape index (κ1) is 19.6. The van der Waals surface area contributed by atoms with Gasteiger partial charge in [-0.15, -0.1) is 11.3 Å². The van der Waals surface area contributed by atoms with E-state index < -0.39 is 0 Å². The first-order valence-electron chi connectivity index (χ1n) is 10.1. The summed E-state index contributed by atoms with van der Waals surface area (Å²) in [7, 11) is 0. The lowest BCUT2D eigenvalue weighted by Gasteiger charge is -2.37. The van der Waals surface area contributed by atoms with E-state index in [4.69, 9.17) is 0 Å². The topological polar surface area (TPSA) is 23.6 Å². The lowest BCUT2D eigenvalue weighted by Crippen LogP contribution is -2.46. The number of benzene rings is 2. The molecule has 0 amide bonds. The third-order valence-electron chi connectivity index (χ3n) is 5.52. The van der Waals surface area contributed by atoms with Gasteiger partial charge in [-0.1, -0.05) is 37.3 Å². The number of hydrogen-bond acceptors (Lipinski definition) is 4. The third kappa shape index (κ3) is 3.92. The molecule has 0 atom stereocenters. The van der Waals surface area contributed by atoms with Crippen molar-refractivity contribution in [3.8, 4) is 11.1 Å². The molecule has 0 saturated carbocycles. The lowest BCUT2D eigenvalue weighted by atomic mass is 9.99. The molecule has 1 aliphatic heterocycles. The molecule has 150 valence electrons.